The van der Waals surface area contributed by atoms with E-state index < -0.39 is 41.9 Å². The lowest BCUT2D eigenvalue weighted by atomic mass is 9.97. The van der Waals surface area contributed by atoms with Gasteiger partial charge in [-0.25, -0.2) is 4.79 Å². The second-order valence-electron chi connectivity index (χ2n) is 4.02. The Hall–Kier alpha value is -1.99. The van der Waals surface area contributed by atoms with Crippen LogP contribution in [0.4, 0.5) is 0 Å². The molecular weight excluding hydrogens is 258 g/mol. The van der Waals surface area contributed by atoms with Crippen LogP contribution in [0.15, 0.2) is 15.8 Å². The normalized spacial score (nSPS) is 34.1. The first-order chi connectivity index (χ1) is 8.95. The van der Waals surface area contributed by atoms with Gasteiger partial charge < -0.3 is 20.1 Å². The van der Waals surface area contributed by atoms with Gasteiger partial charge in [-0.15, -0.1) is 6.42 Å². The summed E-state index contributed by atoms with van der Waals surface area (Å²) in [5.41, 5.74) is -3.49. The lowest BCUT2D eigenvalue weighted by molar-refractivity contribution is -0.0981. The van der Waals surface area contributed by atoms with Crippen molar-refractivity contribution in [1.82, 2.24) is 14.8 Å². The Labute approximate surface area is 106 Å². The highest BCUT2D eigenvalue weighted by molar-refractivity contribution is 5.18. The fourth-order valence-electron chi connectivity index (χ4n) is 1.82. The van der Waals surface area contributed by atoms with Gasteiger partial charge in [-0.05, 0) is 0 Å². The Morgan fingerprint density at radius 2 is 2.26 bits per heavy atom. The minimum Gasteiger partial charge on any atom is -0.392 e. The van der Waals surface area contributed by atoms with Crippen molar-refractivity contribution in [2.75, 3.05) is 6.61 Å². The molecule has 1 fully saturated rings. The largest absolute Gasteiger partial charge is 0.392 e. The van der Waals surface area contributed by atoms with Gasteiger partial charge in [0.2, 0.25) is 0 Å². The standard InChI is InChI=1S/C10H11N3O6/c1-2-10(4-14)7(17)6(16)8(19-10)13-9(18)12-5(15)3-11-13/h1,3,6-8,14,16-17H,4H2,(H,12,15,18). The molecule has 2 rings (SSSR count). The molecule has 1 aromatic heterocycles. The lowest BCUT2D eigenvalue weighted by Gasteiger charge is -2.23. The number of nitrogens with zero attached hydrogens (tertiary/aromatic N) is 2. The third-order valence-corrected chi connectivity index (χ3v) is 2.88. The molecule has 0 saturated carbocycles. The molecule has 1 aliphatic heterocycles. The molecular formula is C10H11N3O6. The van der Waals surface area contributed by atoms with E-state index >= 15 is 0 Å². The van der Waals surface area contributed by atoms with Crippen molar-refractivity contribution in [3.8, 4) is 12.3 Å². The van der Waals surface area contributed by atoms with Gasteiger partial charge in [0.15, 0.2) is 11.8 Å². The zero-order chi connectivity index (χ0) is 14.2. The number of nitrogens with one attached hydrogen (secondary N) is 1. The van der Waals surface area contributed by atoms with Crippen LogP contribution in [0.5, 0.6) is 0 Å². The molecule has 9 nitrogen and oxygen atoms in total. The molecule has 1 aliphatic rings. The first-order valence-corrected chi connectivity index (χ1v) is 5.26. The molecule has 9 heteroatoms. The Bertz CT molecular complexity index is 631. The number of terminal acetylenes is 1. The molecule has 102 valence electrons. The van der Waals surface area contributed by atoms with Gasteiger partial charge in [0, 0.05) is 0 Å². The highest BCUT2D eigenvalue weighted by Crippen LogP contribution is 2.35. The van der Waals surface area contributed by atoms with Crippen LogP contribution in [0.3, 0.4) is 0 Å². The third kappa shape index (κ3) is 1.96. The van der Waals surface area contributed by atoms with E-state index in [1.54, 1.807) is 0 Å². The molecule has 1 aromatic rings. The number of aromatic nitrogens is 3. The predicted octanol–water partition coefficient (Wildman–Crippen LogP) is -3.45. The van der Waals surface area contributed by atoms with Crippen LogP contribution in [-0.4, -0.2) is 54.5 Å². The molecule has 19 heavy (non-hydrogen) atoms. The minimum atomic E-state index is -1.83. The Kier molecular flexibility index (Phi) is 3.25. The maximum absolute atomic E-state index is 11.5. The lowest BCUT2D eigenvalue weighted by Crippen LogP contribution is -2.45. The number of aliphatic hydroxyl groups is 3. The molecule has 4 atom stereocenters. The summed E-state index contributed by atoms with van der Waals surface area (Å²) in [4.78, 5) is 24.3. The van der Waals surface area contributed by atoms with Crippen LogP contribution in [0, 0.1) is 12.3 Å². The van der Waals surface area contributed by atoms with Crippen molar-refractivity contribution >= 4 is 0 Å². The van der Waals surface area contributed by atoms with Gasteiger partial charge in [-0.3, -0.25) is 9.78 Å². The van der Waals surface area contributed by atoms with E-state index in [4.69, 9.17) is 11.2 Å². The van der Waals surface area contributed by atoms with Crippen LogP contribution >= 0.6 is 0 Å². The maximum Gasteiger partial charge on any atom is 0.347 e. The molecule has 0 bridgehead atoms. The zero-order valence-corrected chi connectivity index (χ0v) is 9.55. The highest BCUT2D eigenvalue weighted by atomic mass is 16.6. The molecule has 2 heterocycles. The SMILES string of the molecule is C#CC1(CO)OC(n2ncc(=O)[nH]c2=O)C(O)C1O. The van der Waals surface area contributed by atoms with Gasteiger partial charge in [-0.2, -0.15) is 9.78 Å². The third-order valence-electron chi connectivity index (χ3n) is 2.88. The minimum absolute atomic E-state index is 0.629. The molecule has 0 amide bonds. The number of H-pyrrole nitrogens is 1. The zero-order valence-electron chi connectivity index (χ0n) is 9.55. The van der Waals surface area contributed by atoms with Crippen LogP contribution in [0.25, 0.3) is 0 Å². The van der Waals surface area contributed by atoms with E-state index in [0.29, 0.717) is 4.68 Å². The van der Waals surface area contributed by atoms with E-state index in [9.17, 15) is 24.9 Å². The van der Waals surface area contributed by atoms with Crippen molar-refractivity contribution in [3.05, 3.63) is 27.0 Å². The highest BCUT2D eigenvalue weighted by Gasteiger charge is 2.54. The van der Waals surface area contributed by atoms with Crippen LogP contribution in [-0.2, 0) is 4.74 Å². The van der Waals surface area contributed by atoms with Crippen molar-refractivity contribution in [2.24, 2.45) is 0 Å². The monoisotopic (exact) mass is 269 g/mol. The van der Waals surface area contributed by atoms with Gasteiger partial charge in [0.05, 0.1) is 6.61 Å². The van der Waals surface area contributed by atoms with Gasteiger partial charge >= 0.3 is 5.69 Å². The van der Waals surface area contributed by atoms with Gasteiger partial charge in [0.25, 0.3) is 5.56 Å². The number of rotatable bonds is 2. The van der Waals surface area contributed by atoms with E-state index in [2.05, 4.69) is 5.10 Å². The molecule has 4 unspecified atom stereocenters. The summed E-state index contributed by atoms with van der Waals surface area (Å²) in [6.07, 6.45) is 1.37. The molecule has 0 radical (unpaired) electrons. The Morgan fingerprint density at radius 1 is 1.58 bits per heavy atom. The maximum atomic E-state index is 11.5. The molecule has 0 aliphatic carbocycles. The van der Waals surface area contributed by atoms with Gasteiger partial charge in [-0.1, -0.05) is 5.92 Å². The number of ether oxygens (including phenoxy) is 1. The molecule has 0 aromatic carbocycles. The van der Waals surface area contributed by atoms with Crippen molar-refractivity contribution in [3.63, 3.8) is 0 Å². The summed E-state index contributed by atoms with van der Waals surface area (Å²) in [7, 11) is 0. The van der Waals surface area contributed by atoms with Crippen LogP contribution < -0.4 is 11.2 Å². The summed E-state index contributed by atoms with van der Waals surface area (Å²) in [5, 5.41) is 32.3. The number of hydrogen-bond acceptors (Lipinski definition) is 7. The Balaban J connectivity index is 2.46. The van der Waals surface area contributed by atoms with Crippen molar-refractivity contribution in [2.45, 2.75) is 24.0 Å². The summed E-state index contributed by atoms with van der Waals surface area (Å²) in [6.45, 7) is -0.754. The number of hydrogen-bond donors (Lipinski definition) is 4. The summed E-state index contributed by atoms with van der Waals surface area (Å²) in [5.74, 6) is 2.04. The number of aromatic amines is 1. The van der Waals surface area contributed by atoms with E-state index in [-0.39, 0.29) is 0 Å². The average Bonchev–Trinajstić information content (AvgIpc) is 2.64. The van der Waals surface area contributed by atoms with Crippen LogP contribution in [0.1, 0.15) is 6.23 Å². The molecule has 0 spiro atoms. The molecule has 4 N–H and O–H groups in total. The fraction of sp³-hybridized carbons (Fsp3) is 0.500. The molecule has 1 saturated heterocycles. The van der Waals surface area contributed by atoms with E-state index in [1.807, 2.05) is 10.9 Å². The topological polar surface area (TPSA) is 138 Å². The second kappa shape index (κ2) is 4.60. The fourth-order valence-corrected chi connectivity index (χ4v) is 1.82. The second-order valence-corrected chi connectivity index (χ2v) is 4.02. The van der Waals surface area contributed by atoms with Crippen molar-refractivity contribution < 1.29 is 20.1 Å². The quantitative estimate of drug-likeness (QED) is 0.409. The van der Waals surface area contributed by atoms with Crippen LogP contribution in [0.2, 0.25) is 0 Å². The predicted molar refractivity (Wildman–Crippen MR) is 59.9 cm³/mol. The average molecular weight is 269 g/mol. The van der Waals surface area contributed by atoms with E-state index in [1.165, 1.54) is 0 Å². The van der Waals surface area contributed by atoms with Gasteiger partial charge in [0.1, 0.15) is 18.4 Å². The van der Waals surface area contributed by atoms with E-state index in [0.717, 1.165) is 6.20 Å². The smallest absolute Gasteiger partial charge is 0.347 e. The summed E-state index contributed by atoms with van der Waals surface area (Å²) in [6, 6.07) is 0. The first-order valence-electron chi connectivity index (χ1n) is 5.26. The van der Waals surface area contributed by atoms with Crippen molar-refractivity contribution in [1.29, 1.82) is 0 Å². The summed E-state index contributed by atoms with van der Waals surface area (Å²) >= 11 is 0. The first kappa shape index (κ1) is 13.4. The number of aliphatic hydroxyl groups excluding tert-OH is 3. The summed E-state index contributed by atoms with van der Waals surface area (Å²) < 4.78 is 5.80. The Morgan fingerprint density at radius 3 is 2.74 bits per heavy atom.